The molecule has 1 saturated carbocycles. The molecule has 2 aromatic rings. The monoisotopic (exact) mass is 562 g/mol. The number of phenols is 2. The zero-order chi connectivity index (χ0) is 28.2. The van der Waals surface area contributed by atoms with Gasteiger partial charge in [-0.3, -0.25) is 0 Å². The smallest absolute Gasteiger partial charge is 0.407 e. The number of hydrogen-bond acceptors (Lipinski definition) is 8. The first kappa shape index (κ1) is 29.1. The molecule has 0 bridgehead atoms. The van der Waals surface area contributed by atoms with Crippen molar-refractivity contribution in [1.82, 2.24) is 9.62 Å². The summed E-state index contributed by atoms with van der Waals surface area (Å²) in [6.07, 6.45) is 0.502. The van der Waals surface area contributed by atoms with Crippen molar-refractivity contribution < 1.29 is 38.0 Å². The number of aliphatic hydroxyl groups is 1. The van der Waals surface area contributed by atoms with E-state index in [9.17, 15) is 28.5 Å². The molecule has 214 valence electrons. The van der Waals surface area contributed by atoms with E-state index in [-0.39, 0.29) is 42.5 Å². The number of hydrogen-bond donors (Lipinski definition) is 4. The van der Waals surface area contributed by atoms with Crippen LogP contribution >= 0.6 is 0 Å². The number of nitrogens with zero attached hydrogens (tertiary/aromatic N) is 1. The van der Waals surface area contributed by atoms with Gasteiger partial charge in [-0.15, -0.1) is 0 Å². The van der Waals surface area contributed by atoms with Crippen LogP contribution in [-0.2, 0) is 25.9 Å². The molecule has 0 spiro atoms. The largest absolute Gasteiger partial charge is 0.504 e. The molecule has 0 radical (unpaired) electrons. The molecule has 39 heavy (non-hydrogen) atoms. The van der Waals surface area contributed by atoms with Crippen LogP contribution in [0.15, 0.2) is 53.4 Å². The van der Waals surface area contributed by atoms with Crippen molar-refractivity contribution in [2.45, 2.75) is 68.8 Å². The lowest BCUT2D eigenvalue weighted by Crippen LogP contribution is -2.51. The highest BCUT2D eigenvalue weighted by molar-refractivity contribution is 7.89. The summed E-state index contributed by atoms with van der Waals surface area (Å²) in [5.74, 6) is -0.684. The third kappa shape index (κ3) is 7.42. The van der Waals surface area contributed by atoms with Crippen molar-refractivity contribution in [2.24, 2.45) is 11.8 Å². The van der Waals surface area contributed by atoms with E-state index < -0.39 is 39.8 Å². The van der Waals surface area contributed by atoms with Gasteiger partial charge in [-0.2, -0.15) is 4.31 Å². The van der Waals surface area contributed by atoms with Crippen LogP contribution < -0.4 is 5.32 Å². The molecule has 10 nitrogen and oxygen atoms in total. The molecule has 1 saturated heterocycles. The van der Waals surface area contributed by atoms with E-state index in [2.05, 4.69) is 5.32 Å². The van der Waals surface area contributed by atoms with Crippen molar-refractivity contribution in [3.05, 3.63) is 54.1 Å². The third-order valence-corrected chi connectivity index (χ3v) is 9.12. The molecule has 2 fully saturated rings. The lowest BCUT2D eigenvalue weighted by atomic mass is 10.0. The molecule has 2 aliphatic rings. The maximum absolute atomic E-state index is 13.5. The number of alkyl carbamates (subject to hydrolysis) is 1. The number of benzene rings is 2. The number of aliphatic hydroxyl groups excluding tert-OH is 1. The number of carbonyl (C=O) groups excluding carboxylic acids is 1. The molecule has 4 rings (SSSR count). The summed E-state index contributed by atoms with van der Waals surface area (Å²) in [4.78, 5) is 12.7. The molecule has 4 N–H and O–H groups in total. The van der Waals surface area contributed by atoms with E-state index in [0.717, 1.165) is 41.4 Å². The minimum Gasteiger partial charge on any atom is -0.504 e. The van der Waals surface area contributed by atoms with Crippen LogP contribution in [0.25, 0.3) is 0 Å². The van der Waals surface area contributed by atoms with Gasteiger partial charge in [0.1, 0.15) is 6.10 Å². The van der Waals surface area contributed by atoms with Gasteiger partial charge >= 0.3 is 6.09 Å². The number of ether oxygens (including phenoxy) is 2. The second-order valence-electron chi connectivity index (χ2n) is 10.8. The molecular weight excluding hydrogens is 524 g/mol. The molecule has 1 aliphatic carbocycles. The van der Waals surface area contributed by atoms with E-state index in [1.807, 2.05) is 44.2 Å². The Morgan fingerprint density at radius 3 is 2.51 bits per heavy atom. The number of sulfonamides is 1. The normalized spacial score (nSPS) is 22.5. The number of aromatic hydroxyl groups is 2. The quantitative estimate of drug-likeness (QED) is 0.306. The third-order valence-electron chi connectivity index (χ3n) is 7.29. The van der Waals surface area contributed by atoms with Crippen LogP contribution in [0, 0.1) is 11.8 Å². The summed E-state index contributed by atoms with van der Waals surface area (Å²) in [5, 5.41) is 33.6. The fourth-order valence-corrected chi connectivity index (χ4v) is 6.97. The maximum Gasteiger partial charge on any atom is 0.407 e. The van der Waals surface area contributed by atoms with Crippen LogP contribution in [0.2, 0.25) is 0 Å². The van der Waals surface area contributed by atoms with Gasteiger partial charge < -0.3 is 30.1 Å². The summed E-state index contributed by atoms with van der Waals surface area (Å²) in [6.45, 7) is 4.22. The molecule has 2 unspecified atom stereocenters. The summed E-state index contributed by atoms with van der Waals surface area (Å²) in [7, 11) is -4.15. The van der Waals surface area contributed by atoms with Crippen LogP contribution in [0.3, 0.4) is 0 Å². The van der Waals surface area contributed by atoms with Gasteiger partial charge in [-0.05, 0) is 48.8 Å². The molecular formula is C28H38N2O8S. The van der Waals surface area contributed by atoms with Gasteiger partial charge in [0.15, 0.2) is 11.5 Å². The first-order valence-corrected chi connectivity index (χ1v) is 14.8. The highest BCUT2D eigenvalue weighted by Gasteiger charge is 2.40. The van der Waals surface area contributed by atoms with E-state index >= 15 is 0 Å². The Bertz CT molecular complexity index is 1210. The number of nitrogens with one attached hydrogen (secondary N) is 1. The Morgan fingerprint density at radius 2 is 1.85 bits per heavy atom. The molecule has 1 amide bonds. The van der Waals surface area contributed by atoms with Crippen LogP contribution in [0.4, 0.5) is 4.79 Å². The first-order valence-electron chi connectivity index (χ1n) is 13.4. The van der Waals surface area contributed by atoms with E-state index in [0.29, 0.717) is 12.3 Å². The van der Waals surface area contributed by atoms with Gasteiger partial charge in [0, 0.05) is 32.2 Å². The number of carbonyl (C=O) groups is 1. The predicted octanol–water partition coefficient (Wildman–Crippen LogP) is 3.01. The highest BCUT2D eigenvalue weighted by Crippen LogP contribution is 2.37. The van der Waals surface area contributed by atoms with Crippen molar-refractivity contribution in [1.29, 1.82) is 0 Å². The summed E-state index contributed by atoms with van der Waals surface area (Å²) < 4.78 is 39.5. The minimum absolute atomic E-state index is 0.0766. The van der Waals surface area contributed by atoms with Gasteiger partial charge in [-0.1, -0.05) is 44.2 Å². The number of rotatable bonds is 11. The fourth-order valence-electron chi connectivity index (χ4n) is 5.33. The summed E-state index contributed by atoms with van der Waals surface area (Å²) in [6, 6.07) is 11.7. The molecule has 5 atom stereocenters. The lowest BCUT2D eigenvalue weighted by molar-refractivity contribution is 0.0554. The van der Waals surface area contributed by atoms with Crippen molar-refractivity contribution >= 4 is 16.1 Å². The zero-order valence-electron chi connectivity index (χ0n) is 22.3. The molecule has 1 heterocycles. The standard InChI is InChI=1S/C28H38N2O8S/c1-18(2)16-30(39(35,36)22-8-9-24(31)25(32)15-22)17-26(33)23(12-19-6-4-3-5-7-19)29-28(34)38-21-13-20-10-11-37-27(20)14-21/h3-9,15,18,20-21,23,26-27,31-33H,10-14,16-17H2,1-2H3,(H,29,34)/t20?,21?,23-,26+,27+/m0/s1. The molecule has 11 heteroatoms. The SMILES string of the molecule is CC(C)CN(C[C@@H](O)[C@H](Cc1ccccc1)NC(=O)OC1CC2CCO[C@@H]2C1)S(=O)(=O)c1ccc(O)c(O)c1. The highest BCUT2D eigenvalue weighted by atomic mass is 32.2. The Balaban J connectivity index is 1.50. The second-order valence-corrected chi connectivity index (χ2v) is 12.8. The first-order chi connectivity index (χ1) is 18.5. The van der Waals surface area contributed by atoms with Crippen LogP contribution in [0.1, 0.15) is 38.7 Å². The number of amides is 1. The molecule has 1 aliphatic heterocycles. The Morgan fingerprint density at radius 1 is 1.10 bits per heavy atom. The average molecular weight is 563 g/mol. The van der Waals surface area contributed by atoms with Crippen LogP contribution in [0.5, 0.6) is 11.5 Å². The van der Waals surface area contributed by atoms with Gasteiger partial charge in [0.05, 0.1) is 23.1 Å². The van der Waals surface area contributed by atoms with Crippen LogP contribution in [-0.4, -0.2) is 78.2 Å². The van der Waals surface area contributed by atoms with Crippen molar-refractivity contribution in [3.8, 4) is 11.5 Å². The Labute approximate surface area is 229 Å². The van der Waals surface area contributed by atoms with E-state index in [1.165, 1.54) is 6.07 Å². The lowest BCUT2D eigenvalue weighted by Gasteiger charge is -2.31. The van der Waals surface area contributed by atoms with Crippen molar-refractivity contribution in [2.75, 3.05) is 19.7 Å². The van der Waals surface area contributed by atoms with Gasteiger partial charge in [0.25, 0.3) is 0 Å². The second kappa shape index (κ2) is 12.5. The Kier molecular flexibility index (Phi) is 9.37. The number of phenolic OH excluding ortho intramolecular Hbond substituents is 2. The fraction of sp³-hybridized carbons (Fsp3) is 0.536. The summed E-state index contributed by atoms with van der Waals surface area (Å²) in [5.41, 5.74) is 0.854. The topological polar surface area (TPSA) is 146 Å². The average Bonchev–Trinajstić information content (AvgIpc) is 3.47. The number of fused-ring (bicyclic) bond motifs is 1. The van der Waals surface area contributed by atoms with Crippen molar-refractivity contribution in [3.63, 3.8) is 0 Å². The predicted molar refractivity (Wildman–Crippen MR) is 144 cm³/mol. The summed E-state index contributed by atoms with van der Waals surface area (Å²) >= 11 is 0. The zero-order valence-corrected chi connectivity index (χ0v) is 23.1. The van der Waals surface area contributed by atoms with E-state index in [4.69, 9.17) is 9.47 Å². The Hall–Kier alpha value is -2.86. The van der Waals surface area contributed by atoms with Gasteiger partial charge in [0.2, 0.25) is 10.0 Å². The molecule has 0 aromatic heterocycles. The minimum atomic E-state index is -4.15. The van der Waals surface area contributed by atoms with Gasteiger partial charge in [-0.25, -0.2) is 13.2 Å². The maximum atomic E-state index is 13.5. The molecule has 2 aromatic carbocycles. The van der Waals surface area contributed by atoms with E-state index in [1.54, 1.807) is 0 Å².